The maximum absolute atomic E-state index is 11.1. The van der Waals surface area contributed by atoms with Crippen LogP contribution in [0.1, 0.15) is 32.6 Å². The second-order valence-electron chi connectivity index (χ2n) is 4.05. The number of esters is 1. The lowest BCUT2D eigenvalue weighted by atomic mass is 9.88. The minimum Gasteiger partial charge on any atom is -0.466 e. The third-order valence-electron chi connectivity index (χ3n) is 2.64. The Balaban J connectivity index is 3.81. The Bertz CT molecular complexity index is 181. The molecule has 5 nitrogen and oxygen atoms in total. The molecule has 0 aliphatic heterocycles. The fraction of sp³-hybridized carbons (Fsp3) is 0.909. The SMILES string of the molecule is CCCCC(=O)OCCC(CO)(CO)CO. The number of hydrogen-bond acceptors (Lipinski definition) is 5. The zero-order valence-corrected chi connectivity index (χ0v) is 9.81. The Labute approximate surface area is 96.0 Å². The molecule has 0 aliphatic rings. The second-order valence-corrected chi connectivity index (χ2v) is 4.05. The quantitative estimate of drug-likeness (QED) is 0.492. The number of aliphatic hydroxyl groups is 3. The van der Waals surface area contributed by atoms with Crippen LogP contribution in [0, 0.1) is 5.41 Å². The molecule has 0 heterocycles. The first kappa shape index (κ1) is 15.3. The summed E-state index contributed by atoms with van der Waals surface area (Å²) in [6.45, 7) is 1.12. The van der Waals surface area contributed by atoms with Crippen LogP contribution in [0.4, 0.5) is 0 Å². The van der Waals surface area contributed by atoms with E-state index in [1.165, 1.54) is 0 Å². The molecule has 0 fully saturated rings. The number of carbonyl (C=O) groups excluding carboxylic acids is 1. The van der Waals surface area contributed by atoms with Gasteiger partial charge in [-0.3, -0.25) is 4.79 Å². The largest absolute Gasteiger partial charge is 0.466 e. The number of ether oxygens (including phenoxy) is 1. The predicted octanol–water partition coefficient (Wildman–Crippen LogP) is 0.0732. The van der Waals surface area contributed by atoms with Gasteiger partial charge in [-0.1, -0.05) is 13.3 Å². The van der Waals surface area contributed by atoms with Crippen LogP contribution >= 0.6 is 0 Å². The summed E-state index contributed by atoms with van der Waals surface area (Å²) >= 11 is 0. The summed E-state index contributed by atoms with van der Waals surface area (Å²) in [6, 6.07) is 0. The molecular formula is C11H22O5. The standard InChI is InChI=1S/C11H22O5/c1-2-3-4-10(15)16-6-5-11(7-12,8-13)9-14/h12-14H,2-9H2,1H3. The van der Waals surface area contributed by atoms with E-state index in [1.807, 2.05) is 6.92 Å². The van der Waals surface area contributed by atoms with E-state index in [4.69, 9.17) is 20.1 Å². The molecule has 0 saturated carbocycles. The molecule has 0 saturated heterocycles. The molecule has 5 heteroatoms. The molecule has 16 heavy (non-hydrogen) atoms. The summed E-state index contributed by atoms with van der Waals surface area (Å²) in [5.41, 5.74) is -0.953. The van der Waals surface area contributed by atoms with Gasteiger partial charge < -0.3 is 20.1 Å². The maximum Gasteiger partial charge on any atom is 0.305 e. The van der Waals surface area contributed by atoms with Gasteiger partial charge in [-0.05, 0) is 12.8 Å². The second kappa shape index (κ2) is 8.50. The molecule has 0 amide bonds. The summed E-state index contributed by atoms with van der Waals surface area (Å²) in [6.07, 6.45) is 2.38. The van der Waals surface area contributed by atoms with E-state index in [-0.39, 0.29) is 38.8 Å². The molecule has 96 valence electrons. The topological polar surface area (TPSA) is 87.0 Å². The van der Waals surface area contributed by atoms with Gasteiger partial charge in [-0.2, -0.15) is 0 Å². The van der Waals surface area contributed by atoms with Crippen molar-refractivity contribution in [2.45, 2.75) is 32.6 Å². The van der Waals surface area contributed by atoms with E-state index in [2.05, 4.69) is 0 Å². The van der Waals surface area contributed by atoms with E-state index >= 15 is 0 Å². The predicted molar refractivity (Wildman–Crippen MR) is 58.8 cm³/mol. The van der Waals surface area contributed by atoms with Crippen LogP contribution < -0.4 is 0 Å². The monoisotopic (exact) mass is 234 g/mol. The highest BCUT2D eigenvalue weighted by atomic mass is 16.5. The van der Waals surface area contributed by atoms with E-state index in [9.17, 15) is 4.79 Å². The Morgan fingerprint density at radius 2 is 1.75 bits per heavy atom. The third-order valence-corrected chi connectivity index (χ3v) is 2.64. The summed E-state index contributed by atoms with van der Waals surface area (Å²) in [7, 11) is 0. The van der Waals surface area contributed by atoms with Crippen LogP contribution in [0.2, 0.25) is 0 Å². The molecule has 0 bridgehead atoms. The average Bonchev–Trinajstić information content (AvgIpc) is 2.33. The van der Waals surface area contributed by atoms with Crippen molar-refractivity contribution in [1.82, 2.24) is 0 Å². The molecule has 0 radical (unpaired) electrons. The van der Waals surface area contributed by atoms with Gasteiger partial charge in [0.25, 0.3) is 0 Å². The number of aliphatic hydroxyl groups excluding tert-OH is 3. The number of unbranched alkanes of at least 4 members (excludes halogenated alkanes) is 1. The van der Waals surface area contributed by atoms with Crippen molar-refractivity contribution in [3.63, 3.8) is 0 Å². The molecule has 0 atom stereocenters. The van der Waals surface area contributed by atoms with E-state index in [0.717, 1.165) is 12.8 Å². The van der Waals surface area contributed by atoms with Gasteiger partial charge in [0.15, 0.2) is 0 Å². The molecule has 0 spiro atoms. The average molecular weight is 234 g/mol. The Hall–Kier alpha value is -0.650. The zero-order valence-electron chi connectivity index (χ0n) is 9.81. The number of hydrogen-bond donors (Lipinski definition) is 3. The molecule has 0 aliphatic carbocycles. The lowest BCUT2D eigenvalue weighted by Crippen LogP contribution is -2.35. The minimum absolute atomic E-state index is 0.115. The lowest BCUT2D eigenvalue weighted by Gasteiger charge is -2.26. The molecule has 0 aromatic carbocycles. The van der Waals surface area contributed by atoms with E-state index in [1.54, 1.807) is 0 Å². The van der Waals surface area contributed by atoms with Crippen LogP contribution in [0.5, 0.6) is 0 Å². The van der Waals surface area contributed by atoms with Crippen LogP contribution in [-0.2, 0) is 9.53 Å². The number of rotatable bonds is 9. The maximum atomic E-state index is 11.1. The zero-order chi connectivity index (χ0) is 12.4. The van der Waals surface area contributed by atoms with Gasteiger partial charge in [0, 0.05) is 11.8 Å². The first-order valence-corrected chi connectivity index (χ1v) is 5.62. The van der Waals surface area contributed by atoms with Gasteiger partial charge in [0.1, 0.15) is 0 Å². The van der Waals surface area contributed by atoms with Crippen LogP contribution in [0.25, 0.3) is 0 Å². The minimum atomic E-state index is -0.953. The summed E-state index contributed by atoms with van der Waals surface area (Å²) < 4.78 is 4.93. The smallest absolute Gasteiger partial charge is 0.305 e. The Morgan fingerprint density at radius 1 is 1.19 bits per heavy atom. The number of carbonyl (C=O) groups is 1. The fourth-order valence-electron chi connectivity index (χ4n) is 1.16. The molecule has 0 aromatic rings. The summed E-state index contributed by atoms with van der Waals surface area (Å²) in [4.78, 5) is 11.1. The van der Waals surface area contributed by atoms with Crippen LogP contribution in [-0.4, -0.2) is 47.7 Å². The van der Waals surface area contributed by atoms with Crippen molar-refractivity contribution >= 4 is 5.97 Å². The van der Waals surface area contributed by atoms with Crippen molar-refractivity contribution in [1.29, 1.82) is 0 Å². The molecule has 3 N–H and O–H groups in total. The van der Waals surface area contributed by atoms with Gasteiger partial charge in [-0.15, -0.1) is 0 Å². The Morgan fingerprint density at radius 3 is 2.19 bits per heavy atom. The van der Waals surface area contributed by atoms with Crippen molar-refractivity contribution in [2.75, 3.05) is 26.4 Å². The summed E-state index contributed by atoms with van der Waals surface area (Å²) in [5, 5.41) is 27.1. The Kier molecular flexibility index (Phi) is 8.15. The molecule has 0 aromatic heterocycles. The lowest BCUT2D eigenvalue weighted by molar-refractivity contribution is -0.145. The van der Waals surface area contributed by atoms with Crippen LogP contribution in [0.15, 0.2) is 0 Å². The molecule has 0 unspecified atom stereocenters. The first-order chi connectivity index (χ1) is 7.64. The highest BCUT2D eigenvalue weighted by Gasteiger charge is 2.28. The van der Waals surface area contributed by atoms with E-state index < -0.39 is 5.41 Å². The van der Waals surface area contributed by atoms with Crippen molar-refractivity contribution < 1.29 is 24.9 Å². The molecular weight excluding hydrogens is 212 g/mol. The van der Waals surface area contributed by atoms with Gasteiger partial charge in [0.05, 0.1) is 26.4 Å². The summed E-state index contributed by atoms with van der Waals surface area (Å²) in [5.74, 6) is -0.274. The normalized spacial score (nSPS) is 11.5. The van der Waals surface area contributed by atoms with Crippen LogP contribution in [0.3, 0.4) is 0 Å². The molecule has 0 rings (SSSR count). The van der Waals surface area contributed by atoms with E-state index in [0.29, 0.717) is 6.42 Å². The fourth-order valence-corrected chi connectivity index (χ4v) is 1.16. The van der Waals surface area contributed by atoms with Crippen molar-refractivity contribution in [3.05, 3.63) is 0 Å². The van der Waals surface area contributed by atoms with Crippen molar-refractivity contribution in [3.8, 4) is 0 Å². The van der Waals surface area contributed by atoms with Gasteiger partial charge in [-0.25, -0.2) is 0 Å². The third kappa shape index (κ3) is 5.44. The van der Waals surface area contributed by atoms with Gasteiger partial charge in [0.2, 0.25) is 0 Å². The van der Waals surface area contributed by atoms with Crippen molar-refractivity contribution in [2.24, 2.45) is 5.41 Å². The highest BCUT2D eigenvalue weighted by molar-refractivity contribution is 5.69. The highest BCUT2D eigenvalue weighted by Crippen LogP contribution is 2.19. The first-order valence-electron chi connectivity index (χ1n) is 5.62. The van der Waals surface area contributed by atoms with Gasteiger partial charge >= 0.3 is 5.97 Å².